The van der Waals surface area contributed by atoms with E-state index < -0.39 is 26.1 Å². The molecular formula is C12H14F4N2O2S. The second kappa shape index (κ2) is 5.45. The van der Waals surface area contributed by atoms with Gasteiger partial charge in [-0.1, -0.05) is 0 Å². The highest BCUT2D eigenvalue weighted by atomic mass is 32.2. The SMILES string of the molecule is NC(CNc1ccc(F)cc1S(=O)(=O)C(F)(F)F)C1CC1. The summed E-state index contributed by atoms with van der Waals surface area (Å²) >= 11 is 0. The number of hydrogen-bond acceptors (Lipinski definition) is 4. The molecule has 1 fully saturated rings. The molecule has 1 aliphatic rings. The molecule has 1 saturated carbocycles. The molecule has 0 spiro atoms. The Morgan fingerprint density at radius 3 is 2.48 bits per heavy atom. The Hall–Kier alpha value is -1.35. The zero-order valence-corrected chi connectivity index (χ0v) is 11.6. The van der Waals surface area contributed by atoms with Crippen molar-refractivity contribution in [1.29, 1.82) is 0 Å². The zero-order valence-electron chi connectivity index (χ0n) is 10.8. The largest absolute Gasteiger partial charge is 0.501 e. The first kappa shape index (κ1) is 16.0. The molecule has 0 heterocycles. The van der Waals surface area contributed by atoms with Gasteiger partial charge in [0, 0.05) is 12.6 Å². The highest BCUT2D eigenvalue weighted by Crippen LogP contribution is 2.35. The van der Waals surface area contributed by atoms with Crippen molar-refractivity contribution in [1.82, 2.24) is 0 Å². The normalized spacial score (nSPS) is 17.6. The third-order valence-electron chi connectivity index (χ3n) is 3.29. The molecule has 0 saturated heterocycles. The van der Waals surface area contributed by atoms with Crippen LogP contribution in [-0.2, 0) is 9.84 Å². The van der Waals surface area contributed by atoms with E-state index in [0.717, 1.165) is 25.0 Å². The molecule has 0 aromatic heterocycles. The van der Waals surface area contributed by atoms with E-state index in [0.29, 0.717) is 12.0 Å². The highest BCUT2D eigenvalue weighted by Gasteiger charge is 2.48. The fourth-order valence-electron chi connectivity index (χ4n) is 1.91. The van der Waals surface area contributed by atoms with Gasteiger partial charge >= 0.3 is 5.51 Å². The number of benzene rings is 1. The minimum absolute atomic E-state index is 0.122. The molecule has 118 valence electrons. The van der Waals surface area contributed by atoms with Crippen LogP contribution in [0.3, 0.4) is 0 Å². The van der Waals surface area contributed by atoms with Crippen molar-refractivity contribution in [2.45, 2.75) is 29.3 Å². The third kappa shape index (κ3) is 3.46. The Labute approximate surface area is 119 Å². The molecule has 0 radical (unpaired) electrons. The van der Waals surface area contributed by atoms with Crippen LogP contribution in [0.1, 0.15) is 12.8 Å². The summed E-state index contributed by atoms with van der Waals surface area (Å²) in [5, 5.41) is 2.57. The van der Waals surface area contributed by atoms with Crippen molar-refractivity contribution in [2.75, 3.05) is 11.9 Å². The first-order valence-electron chi connectivity index (χ1n) is 6.23. The number of alkyl halides is 3. The van der Waals surface area contributed by atoms with Crippen LogP contribution >= 0.6 is 0 Å². The Bertz CT molecular complexity index is 627. The Kier molecular flexibility index (Phi) is 4.16. The number of rotatable bonds is 5. The van der Waals surface area contributed by atoms with E-state index in [9.17, 15) is 26.0 Å². The number of sulfone groups is 1. The Balaban J connectivity index is 2.29. The van der Waals surface area contributed by atoms with Crippen molar-refractivity contribution in [3.63, 3.8) is 0 Å². The van der Waals surface area contributed by atoms with E-state index in [1.807, 2.05) is 0 Å². The van der Waals surface area contributed by atoms with Crippen LogP contribution in [0.2, 0.25) is 0 Å². The van der Waals surface area contributed by atoms with Crippen LogP contribution < -0.4 is 11.1 Å². The topological polar surface area (TPSA) is 72.2 Å². The van der Waals surface area contributed by atoms with Crippen molar-refractivity contribution in [3.8, 4) is 0 Å². The Morgan fingerprint density at radius 2 is 1.95 bits per heavy atom. The number of nitrogens with two attached hydrogens (primary N) is 1. The van der Waals surface area contributed by atoms with Gasteiger partial charge in [0.1, 0.15) is 10.7 Å². The summed E-state index contributed by atoms with van der Waals surface area (Å²) in [7, 11) is -5.63. The van der Waals surface area contributed by atoms with E-state index in [1.165, 1.54) is 0 Å². The van der Waals surface area contributed by atoms with Gasteiger partial charge < -0.3 is 11.1 Å². The first-order chi connectivity index (χ1) is 9.63. The van der Waals surface area contributed by atoms with Gasteiger partial charge in [0.15, 0.2) is 0 Å². The molecule has 1 aromatic carbocycles. The average molecular weight is 326 g/mol. The molecule has 1 unspecified atom stereocenters. The van der Waals surface area contributed by atoms with Crippen molar-refractivity contribution < 1.29 is 26.0 Å². The predicted octanol–water partition coefficient (Wildman–Crippen LogP) is 2.27. The fourth-order valence-corrected chi connectivity index (χ4v) is 2.85. The molecule has 1 aliphatic carbocycles. The van der Waals surface area contributed by atoms with Crippen LogP contribution in [0.25, 0.3) is 0 Å². The number of anilines is 1. The molecule has 2 rings (SSSR count). The lowest BCUT2D eigenvalue weighted by Crippen LogP contribution is -2.32. The van der Waals surface area contributed by atoms with Gasteiger partial charge in [-0.05, 0) is 37.0 Å². The van der Waals surface area contributed by atoms with Crippen LogP contribution in [0.5, 0.6) is 0 Å². The summed E-state index contributed by atoms with van der Waals surface area (Å²) in [5.74, 6) is -0.768. The summed E-state index contributed by atoms with van der Waals surface area (Å²) in [6, 6.07) is 1.93. The van der Waals surface area contributed by atoms with E-state index in [2.05, 4.69) is 5.32 Å². The second-order valence-electron chi connectivity index (χ2n) is 4.97. The second-order valence-corrected chi connectivity index (χ2v) is 6.88. The molecule has 3 N–H and O–H groups in total. The lowest BCUT2D eigenvalue weighted by molar-refractivity contribution is -0.0435. The van der Waals surface area contributed by atoms with Crippen molar-refractivity contribution >= 4 is 15.5 Å². The van der Waals surface area contributed by atoms with Gasteiger partial charge in [-0.25, -0.2) is 12.8 Å². The van der Waals surface area contributed by atoms with Gasteiger partial charge in [0.2, 0.25) is 0 Å². The quantitative estimate of drug-likeness (QED) is 0.814. The summed E-state index contributed by atoms with van der Waals surface area (Å²) in [5.41, 5.74) is 0.00206. The summed E-state index contributed by atoms with van der Waals surface area (Å²) in [6.45, 7) is 0.122. The molecule has 9 heteroatoms. The standard InChI is InChI=1S/C12H14F4N2O2S/c13-8-3-4-10(18-6-9(17)7-1-2-7)11(5-8)21(19,20)12(14,15)16/h3-5,7,9,18H,1-2,6,17H2. The smallest absolute Gasteiger partial charge is 0.382 e. The van der Waals surface area contributed by atoms with E-state index in [1.54, 1.807) is 0 Å². The first-order valence-corrected chi connectivity index (χ1v) is 7.71. The molecule has 4 nitrogen and oxygen atoms in total. The number of nitrogens with one attached hydrogen (secondary N) is 1. The summed E-state index contributed by atoms with van der Waals surface area (Å²) in [4.78, 5) is -1.13. The fraction of sp³-hybridized carbons (Fsp3) is 0.500. The van der Waals surface area contributed by atoms with Crippen LogP contribution in [0.4, 0.5) is 23.2 Å². The zero-order chi connectivity index (χ0) is 15.8. The molecule has 0 amide bonds. The molecule has 1 aromatic rings. The van der Waals surface area contributed by atoms with E-state index in [4.69, 9.17) is 5.73 Å². The maximum atomic E-state index is 13.1. The Morgan fingerprint density at radius 1 is 1.33 bits per heavy atom. The van der Waals surface area contributed by atoms with Crippen LogP contribution in [0, 0.1) is 11.7 Å². The molecule has 1 atom stereocenters. The predicted molar refractivity (Wildman–Crippen MR) is 68.8 cm³/mol. The maximum Gasteiger partial charge on any atom is 0.501 e. The minimum atomic E-state index is -5.63. The van der Waals surface area contributed by atoms with Gasteiger partial charge in [-0.3, -0.25) is 0 Å². The lowest BCUT2D eigenvalue weighted by atomic mass is 10.2. The van der Waals surface area contributed by atoms with Crippen LogP contribution in [-0.4, -0.2) is 26.5 Å². The number of halogens is 4. The maximum absolute atomic E-state index is 13.1. The monoisotopic (exact) mass is 326 g/mol. The molecule has 0 bridgehead atoms. The van der Waals surface area contributed by atoms with Gasteiger partial charge in [-0.2, -0.15) is 13.2 Å². The lowest BCUT2D eigenvalue weighted by Gasteiger charge is -2.17. The summed E-state index contributed by atoms with van der Waals surface area (Å²) < 4.78 is 73.8. The van der Waals surface area contributed by atoms with Gasteiger partial charge in [0.05, 0.1) is 5.69 Å². The van der Waals surface area contributed by atoms with Gasteiger partial charge in [-0.15, -0.1) is 0 Å². The summed E-state index contributed by atoms with van der Waals surface area (Å²) in [6.07, 6.45) is 1.89. The van der Waals surface area contributed by atoms with Crippen molar-refractivity contribution in [2.24, 2.45) is 11.7 Å². The van der Waals surface area contributed by atoms with Crippen molar-refractivity contribution in [3.05, 3.63) is 24.0 Å². The minimum Gasteiger partial charge on any atom is -0.382 e. The third-order valence-corrected chi connectivity index (χ3v) is 4.82. The van der Waals surface area contributed by atoms with E-state index >= 15 is 0 Å². The number of hydrogen-bond donors (Lipinski definition) is 2. The van der Waals surface area contributed by atoms with Crippen LogP contribution in [0.15, 0.2) is 23.1 Å². The van der Waals surface area contributed by atoms with Gasteiger partial charge in [0.25, 0.3) is 9.84 Å². The van der Waals surface area contributed by atoms with E-state index in [-0.39, 0.29) is 18.3 Å². The molecule has 0 aliphatic heterocycles. The molecular weight excluding hydrogens is 312 g/mol. The highest BCUT2D eigenvalue weighted by molar-refractivity contribution is 7.92. The molecule has 21 heavy (non-hydrogen) atoms. The average Bonchev–Trinajstić information content (AvgIpc) is 3.19.